The number of hydrogen-bond acceptors (Lipinski definition) is 5. The van der Waals surface area contributed by atoms with Gasteiger partial charge in [0.05, 0.1) is 11.5 Å². The molecule has 0 amide bonds. The molecule has 0 aliphatic carbocycles. The highest BCUT2D eigenvalue weighted by Crippen LogP contribution is 2.23. The smallest absolute Gasteiger partial charge is 0.305 e. The molecule has 1 aromatic heterocycles. The molecule has 6 nitrogen and oxygen atoms in total. The van der Waals surface area contributed by atoms with E-state index in [0.717, 1.165) is 6.07 Å². The molecule has 7 heteroatoms. The van der Waals surface area contributed by atoms with E-state index in [1.807, 2.05) is 0 Å². The van der Waals surface area contributed by atoms with Crippen LogP contribution in [0.15, 0.2) is 30.3 Å². The third-order valence-corrected chi connectivity index (χ3v) is 2.86. The molecule has 0 unspecified atom stereocenters. The SMILES string of the molecule is Cc1ccc(OCc2cccc([N+](=O)[O-])c2F)c(CO)n1. The lowest BCUT2D eigenvalue weighted by molar-refractivity contribution is -0.387. The summed E-state index contributed by atoms with van der Waals surface area (Å²) in [6, 6.07) is 7.19. The monoisotopic (exact) mass is 292 g/mol. The van der Waals surface area contributed by atoms with E-state index in [9.17, 15) is 19.6 Å². The zero-order chi connectivity index (χ0) is 15.4. The Morgan fingerprint density at radius 2 is 2.14 bits per heavy atom. The molecule has 0 atom stereocenters. The van der Waals surface area contributed by atoms with Crippen molar-refractivity contribution in [1.29, 1.82) is 0 Å². The van der Waals surface area contributed by atoms with Crippen molar-refractivity contribution in [3.63, 3.8) is 0 Å². The van der Waals surface area contributed by atoms with Crippen molar-refractivity contribution in [2.75, 3.05) is 0 Å². The number of pyridine rings is 1. The molecule has 1 N–H and O–H groups in total. The molecule has 21 heavy (non-hydrogen) atoms. The Kier molecular flexibility index (Phi) is 4.44. The Hall–Kier alpha value is -2.54. The summed E-state index contributed by atoms with van der Waals surface area (Å²) < 4.78 is 19.3. The zero-order valence-corrected chi connectivity index (χ0v) is 11.2. The summed E-state index contributed by atoms with van der Waals surface area (Å²) in [4.78, 5) is 14.0. The standard InChI is InChI=1S/C14H13FN2O4/c1-9-5-6-13(11(7-18)16-9)21-8-10-3-2-4-12(14(10)15)17(19)20/h2-6,18H,7-8H2,1H3. The van der Waals surface area contributed by atoms with Gasteiger partial charge in [0.25, 0.3) is 0 Å². The highest BCUT2D eigenvalue weighted by atomic mass is 19.1. The van der Waals surface area contributed by atoms with Crippen molar-refractivity contribution in [3.8, 4) is 5.75 Å². The third-order valence-electron chi connectivity index (χ3n) is 2.86. The Labute approximate surface area is 120 Å². The fourth-order valence-electron chi connectivity index (χ4n) is 1.82. The minimum atomic E-state index is -0.923. The molecule has 0 radical (unpaired) electrons. The molecule has 0 aliphatic heterocycles. The molecule has 110 valence electrons. The largest absolute Gasteiger partial charge is 0.487 e. The first-order valence-corrected chi connectivity index (χ1v) is 6.15. The average molecular weight is 292 g/mol. The predicted molar refractivity (Wildman–Crippen MR) is 72.3 cm³/mol. The molecular weight excluding hydrogens is 279 g/mol. The first-order valence-electron chi connectivity index (χ1n) is 6.15. The van der Waals surface area contributed by atoms with Crippen molar-refractivity contribution >= 4 is 5.69 Å². The van der Waals surface area contributed by atoms with Gasteiger partial charge in [-0.25, -0.2) is 0 Å². The number of benzene rings is 1. The van der Waals surface area contributed by atoms with Crippen molar-refractivity contribution in [2.45, 2.75) is 20.1 Å². The first-order chi connectivity index (χ1) is 10.0. The molecule has 0 saturated heterocycles. The maximum Gasteiger partial charge on any atom is 0.305 e. The predicted octanol–water partition coefficient (Wildman–Crippen LogP) is 2.51. The van der Waals surface area contributed by atoms with Gasteiger partial charge in [-0.1, -0.05) is 12.1 Å². The molecule has 2 rings (SSSR count). The quantitative estimate of drug-likeness (QED) is 0.676. The molecule has 2 aromatic rings. The Balaban J connectivity index is 2.21. The van der Waals surface area contributed by atoms with Crippen LogP contribution in [0.25, 0.3) is 0 Å². The van der Waals surface area contributed by atoms with Gasteiger partial charge in [0.15, 0.2) is 0 Å². The molecular formula is C14H13FN2O4. The molecule has 0 saturated carbocycles. The van der Waals surface area contributed by atoms with E-state index in [1.54, 1.807) is 19.1 Å². The number of aryl methyl sites for hydroxylation is 1. The average Bonchev–Trinajstić information content (AvgIpc) is 2.46. The Morgan fingerprint density at radius 3 is 2.81 bits per heavy atom. The number of nitro groups is 1. The van der Waals surface area contributed by atoms with Crippen molar-refractivity contribution in [3.05, 3.63) is 63.2 Å². The summed E-state index contributed by atoms with van der Waals surface area (Å²) in [7, 11) is 0. The summed E-state index contributed by atoms with van der Waals surface area (Å²) >= 11 is 0. The van der Waals surface area contributed by atoms with E-state index in [0.29, 0.717) is 17.1 Å². The number of aliphatic hydroxyl groups excluding tert-OH is 1. The molecule has 0 fully saturated rings. The van der Waals surface area contributed by atoms with Crippen LogP contribution in [0.4, 0.5) is 10.1 Å². The van der Waals surface area contributed by atoms with Gasteiger partial charge in [-0.3, -0.25) is 15.1 Å². The van der Waals surface area contributed by atoms with Crippen LogP contribution < -0.4 is 4.74 Å². The van der Waals surface area contributed by atoms with Crippen LogP contribution in [0.1, 0.15) is 17.0 Å². The van der Waals surface area contributed by atoms with E-state index in [-0.39, 0.29) is 18.8 Å². The van der Waals surface area contributed by atoms with Crippen molar-refractivity contribution in [1.82, 2.24) is 4.98 Å². The van der Waals surface area contributed by atoms with E-state index in [1.165, 1.54) is 12.1 Å². The summed E-state index contributed by atoms with van der Waals surface area (Å²) in [5.41, 5.74) is 0.517. The number of aromatic nitrogens is 1. The van der Waals surface area contributed by atoms with Crippen LogP contribution in [-0.4, -0.2) is 15.0 Å². The highest BCUT2D eigenvalue weighted by molar-refractivity contribution is 5.37. The molecule has 1 heterocycles. The van der Waals surface area contributed by atoms with E-state index in [2.05, 4.69) is 4.98 Å². The van der Waals surface area contributed by atoms with Crippen LogP contribution >= 0.6 is 0 Å². The number of rotatable bonds is 5. The van der Waals surface area contributed by atoms with Gasteiger partial charge in [0, 0.05) is 17.3 Å². The Bertz CT molecular complexity index is 676. The second-order valence-corrected chi connectivity index (χ2v) is 4.35. The van der Waals surface area contributed by atoms with Crippen molar-refractivity contribution < 1.29 is 19.2 Å². The van der Waals surface area contributed by atoms with Gasteiger partial charge in [-0.05, 0) is 19.1 Å². The van der Waals surface area contributed by atoms with E-state index in [4.69, 9.17) is 4.74 Å². The summed E-state index contributed by atoms with van der Waals surface area (Å²) in [6.45, 7) is 1.27. The minimum Gasteiger partial charge on any atom is -0.487 e. The van der Waals surface area contributed by atoms with Gasteiger partial charge in [0.2, 0.25) is 5.82 Å². The molecule has 0 spiro atoms. The number of halogens is 1. The highest BCUT2D eigenvalue weighted by Gasteiger charge is 2.17. The zero-order valence-electron chi connectivity index (χ0n) is 11.2. The van der Waals surface area contributed by atoms with Crippen LogP contribution in [0.3, 0.4) is 0 Å². The van der Waals surface area contributed by atoms with Crippen LogP contribution in [0.5, 0.6) is 5.75 Å². The fourth-order valence-corrected chi connectivity index (χ4v) is 1.82. The second-order valence-electron chi connectivity index (χ2n) is 4.35. The van der Waals surface area contributed by atoms with Gasteiger partial charge in [-0.2, -0.15) is 4.39 Å². The van der Waals surface area contributed by atoms with E-state index >= 15 is 0 Å². The normalized spacial score (nSPS) is 10.4. The summed E-state index contributed by atoms with van der Waals surface area (Å²) in [5, 5.41) is 19.9. The minimum absolute atomic E-state index is 0.0636. The number of nitrogens with zero attached hydrogens (tertiary/aromatic N) is 2. The summed E-state index contributed by atoms with van der Waals surface area (Å²) in [5.74, 6) is -0.609. The third kappa shape index (κ3) is 3.32. The lowest BCUT2D eigenvalue weighted by Crippen LogP contribution is -2.04. The van der Waals surface area contributed by atoms with Gasteiger partial charge < -0.3 is 9.84 Å². The number of hydrogen-bond donors (Lipinski definition) is 1. The van der Waals surface area contributed by atoms with Crippen LogP contribution in [-0.2, 0) is 13.2 Å². The van der Waals surface area contributed by atoms with Gasteiger partial charge in [0.1, 0.15) is 18.1 Å². The molecule has 1 aromatic carbocycles. The second kappa shape index (κ2) is 6.27. The number of aliphatic hydroxyl groups is 1. The van der Waals surface area contributed by atoms with Gasteiger partial charge in [-0.15, -0.1) is 0 Å². The number of nitro benzene ring substituents is 1. The lowest BCUT2D eigenvalue weighted by Gasteiger charge is -2.10. The lowest BCUT2D eigenvalue weighted by atomic mass is 10.2. The van der Waals surface area contributed by atoms with Crippen molar-refractivity contribution in [2.24, 2.45) is 0 Å². The fraction of sp³-hybridized carbons (Fsp3) is 0.214. The first kappa shape index (κ1) is 14.9. The maximum absolute atomic E-state index is 13.9. The van der Waals surface area contributed by atoms with E-state index < -0.39 is 16.4 Å². The van der Waals surface area contributed by atoms with Crippen LogP contribution in [0, 0.1) is 22.9 Å². The molecule has 0 aliphatic rings. The van der Waals surface area contributed by atoms with Gasteiger partial charge >= 0.3 is 5.69 Å². The molecule has 0 bridgehead atoms. The Morgan fingerprint density at radius 1 is 1.38 bits per heavy atom. The summed E-state index contributed by atoms with van der Waals surface area (Å²) in [6.07, 6.45) is 0. The van der Waals surface area contributed by atoms with Crippen LogP contribution in [0.2, 0.25) is 0 Å². The topological polar surface area (TPSA) is 85.5 Å². The number of ether oxygens (including phenoxy) is 1. The maximum atomic E-state index is 13.9.